The summed E-state index contributed by atoms with van der Waals surface area (Å²) in [4.78, 5) is 4.17. The molecule has 10 heteroatoms. The van der Waals surface area contributed by atoms with Gasteiger partial charge in [0.15, 0.2) is 0 Å². The molecule has 0 atom stereocenters. The molecular formula is C23H29F3N4O2S. The highest BCUT2D eigenvalue weighted by molar-refractivity contribution is 8.32. The molecule has 0 saturated carbocycles. The minimum Gasteiger partial charge on any atom is -0.378 e. The van der Waals surface area contributed by atoms with Gasteiger partial charge in [-0.3, -0.25) is 0 Å². The summed E-state index contributed by atoms with van der Waals surface area (Å²) in [6.07, 6.45) is 8.46. The van der Waals surface area contributed by atoms with Crippen molar-refractivity contribution in [1.29, 1.82) is 0 Å². The SMILES string of the molecule is CC(C)(O)C#Cc1cc2c(-c3cnn(COCCS(C)(C)C)c3)cn(CC(F)(F)F)c2cn1. The van der Waals surface area contributed by atoms with Gasteiger partial charge in [0.25, 0.3) is 0 Å². The van der Waals surface area contributed by atoms with Crippen LogP contribution in [0.2, 0.25) is 0 Å². The van der Waals surface area contributed by atoms with E-state index in [1.807, 2.05) is 0 Å². The van der Waals surface area contributed by atoms with Crippen LogP contribution in [0.25, 0.3) is 22.0 Å². The maximum Gasteiger partial charge on any atom is 0.406 e. The molecule has 3 aromatic heterocycles. The van der Waals surface area contributed by atoms with Crippen molar-refractivity contribution in [3.05, 3.63) is 36.5 Å². The fourth-order valence-corrected chi connectivity index (χ4v) is 3.69. The largest absolute Gasteiger partial charge is 0.406 e. The van der Waals surface area contributed by atoms with Crippen LogP contribution >= 0.6 is 10.0 Å². The van der Waals surface area contributed by atoms with E-state index < -0.39 is 28.4 Å². The smallest absolute Gasteiger partial charge is 0.378 e. The van der Waals surface area contributed by atoms with Crippen molar-refractivity contribution in [2.75, 3.05) is 31.1 Å². The van der Waals surface area contributed by atoms with Crippen molar-refractivity contribution in [3.8, 4) is 23.0 Å². The third-order valence-electron chi connectivity index (χ3n) is 4.62. The second-order valence-electron chi connectivity index (χ2n) is 9.28. The molecule has 0 amide bonds. The zero-order valence-corrected chi connectivity index (χ0v) is 20.2. The molecule has 0 spiro atoms. The molecule has 6 nitrogen and oxygen atoms in total. The van der Waals surface area contributed by atoms with Crippen LogP contribution in [0.4, 0.5) is 13.2 Å². The first kappa shape index (κ1) is 25.1. The molecule has 1 N–H and O–H groups in total. The second kappa shape index (κ2) is 9.41. The molecular weight excluding hydrogens is 453 g/mol. The van der Waals surface area contributed by atoms with Crippen LogP contribution in [0.3, 0.4) is 0 Å². The first-order chi connectivity index (χ1) is 15.2. The van der Waals surface area contributed by atoms with Crippen molar-refractivity contribution < 1.29 is 23.0 Å². The Morgan fingerprint density at radius 3 is 2.52 bits per heavy atom. The van der Waals surface area contributed by atoms with Crippen LogP contribution in [0, 0.1) is 11.8 Å². The van der Waals surface area contributed by atoms with Crippen LogP contribution < -0.4 is 0 Å². The van der Waals surface area contributed by atoms with Crippen LogP contribution in [0.15, 0.2) is 30.9 Å². The minimum atomic E-state index is -4.38. The first-order valence-corrected chi connectivity index (χ1v) is 13.3. The van der Waals surface area contributed by atoms with Gasteiger partial charge in [0.05, 0.1) is 24.5 Å². The number of aromatic nitrogens is 4. The van der Waals surface area contributed by atoms with Gasteiger partial charge in [-0.2, -0.15) is 18.3 Å². The van der Waals surface area contributed by atoms with Gasteiger partial charge in [-0.25, -0.2) is 19.7 Å². The van der Waals surface area contributed by atoms with Crippen LogP contribution in [-0.2, 0) is 18.0 Å². The molecule has 0 radical (unpaired) electrons. The van der Waals surface area contributed by atoms with Crippen molar-refractivity contribution >= 4 is 20.9 Å². The molecule has 3 rings (SSSR count). The Bertz CT molecular complexity index is 1170. The van der Waals surface area contributed by atoms with Crippen molar-refractivity contribution in [3.63, 3.8) is 0 Å². The molecule has 0 fully saturated rings. The zero-order chi connectivity index (χ0) is 24.4. The van der Waals surface area contributed by atoms with E-state index in [0.717, 1.165) is 10.3 Å². The van der Waals surface area contributed by atoms with E-state index in [9.17, 15) is 18.3 Å². The van der Waals surface area contributed by atoms with Gasteiger partial charge in [-0.15, -0.1) is 0 Å². The lowest BCUT2D eigenvalue weighted by Gasteiger charge is -2.24. The number of hydrogen-bond acceptors (Lipinski definition) is 4. The molecule has 3 heterocycles. The number of halogens is 3. The third-order valence-corrected chi connectivity index (χ3v) is 6.01. The number of alkyl halides is 3. The molecule has 0 aliphatic rings. The number of rotatable bonds is 7. The van der Waals surface area contributed by atoms with E-state index in [1.165, 1.54) is 12.4 Å². The molecule has 0 saturated heterocycles. The third kappa shape index (κ3) is 7.52. The standard InChI is InChI=1S/C23H29F3N4O2S/c1-22(2,31)7-6-18-10-19-20(14-29(15-23(24,25)26)21(19)12-27-18)17-11-28-30(13-17)16-32-8-9-33(3,4)5/h10-14,31H,8-9,15-16H2,1-5H3. The average molecular weight is 483 g/mol. The van der Waals surface area contributed by atoms with E-state index in [1.54, 1.807) is 37.0 Å². The lowest BCUT2D eigenvalue weighted by atomic mass is 10.1. The average Bonchev–Trinajstić information content (AvgIpc) is 3.26. The van der Waals surface area contributed by atoms with E-state index in [4.69, 9.17) is 4.74 Å². The van der Waals surface area contributed by atoms with Gasteiger partial charge in [0.1, 0.15) is 24.6 Å². The zero-order valence-electron chi connectivity index (χ0n) is 19.4. The topological polar surface area (TPSA) is 65.1 Å². The van der Waals surface area contributed by atoms with Gasteiger partial charge < -0.3 is 14.4 Å². The Morgan fingerprint density at radius 2 is 1.88 bits per heavy atom. The summed E-state index contributed by atoms with van der Waals surface area (Å²) < 4.78 is 47.9. The van der Waals surface area contributed by atoms with Crippen LogP contribution in [-0.4, -0.2) is 67.3 Å². The van der Waals surface area contributed by atoms with Gasteiger partial charge >= 0.3 is 6.18 Å². The van der Waals surface area contributed by atoms with Crippen molar-refractivity contribution in [2.45, 2.75) is 38.9 Å². The van der Waals surface area contributed by atoms with Crippen molar-refractivity contribution in [1.82, 2.24) is 19.3 Å². The molecule has 0 unspecified atom stereocenters. The molecule has 0 aliphatic carbocycles. The highest BCUT2D eigenvalue weighted by Crippen LogP contribution is 2.34. The van der Waals surface area contributed by atoms with Crippen LogP contribution in [0.5, 0.6) is 0 Å². The highest BCUT2D eigenvalue weighted by Gasteiger charge is 2.29. The van der Waals surface area contributed by atoms with Crippen LogP contribution in [0.1, 0.15) is 19.5 Å². The van der Waals surface area contributed by atoms with Crippen molar-refractivity contribution in [2.24, 2.45) is 0 Å². The van der Waals surface area contributed by atoms with E-state index in [0.29, 0.717) is 34.3 Å². The Hall–Kier alpha value is -2.48. The molecule has 33 heavy (non-hydrogen) atoms. The second-order valence-corrected chi connectivity index (χ2v) is 13.9. The van der Waals surface area contributed by atoms with Gasteiger partial charge in [-0.1, -0.05) is 5.92 Å². The number of pyridine rings is 1. The summed E-state index contributed by atoms with van der Waals surface area (Å²) in [6.45, 7) is 2.84. The number of hydrogen-bond donors (Lipinski definition) is 1. The predicted octanol–water partition coefficient (Wildman–Crippen LogP) is 4.25. The number of aliphatic hydroxyl groups is 1. The van der Waals surface area contributed by atoms with E-state index in [2.05, 4.69) is 40.7 Å². The fraction of sp³-hybridized carbons (Fsp3) is 0.478. The summed E-state index contributed by atoms with van der Waals surface area (Å²) >= 11 is 0. The highest BCUT2D eigenvalue weighted by atomic mass is 32.3. The maximum atomic E-state index is 13.2. The lowest BCUT2D eigenvalue weighted by Crippen LogP contribution is -2.16. The summed E-state index contributed by atoms with van der Waals surface area (Å²) in [5.41, 5.74) is 0.744. The van der Waals surface area contributed by atoms with E-state index >= 15 is 0 Å². The Kier molecular flexibility index (Phi) is 7.17. The molecule has 180 valence electrons. The molecule has 3 aromatic rings. The number of ether oxygens (including phenoxy) is 1. The maximum absolute atomic E-state index is 13.2. The lowest BCUT2D eigenvalue weighted by molar-refractivity contribution is -0.139. The number of nitrogens with zero attached hydrogens (tertiary/aromatic N) is 4. The quantitative estimate of drug-likeness (QED) is 0.404. The summed E-state index contributed by atoms with van der Waals surface area (Å²) in [5, 5.41) is 14.7. The Labute approximate surface area is 193 Å². The molecule has 0 aromatic carbocycles. The van der Waals surface area contributed by atoms with E-state index in [-0.39, 0.29) is 6.73 Å². The monoisotopic (exact) mass is 482 g/mol. The Balaban J connectivity index is 1.93. The molecule has 0 bridgehead atoms. The number of fused-ring (bicyclic) bond motifs is 1. The minimum absolute atomic E-state index is 0.264. The van der Waals surface area contributed by atoms with Gasteiger partial charge in [0.2, 0.25) is 0 Å². The molecule has 0 aliphatic heterocycles. The first-order valence-electron chi connectivity index (χ1n) is 10.3. The predicted molar refractivity (Wildman–Crippen MR) is 126 cm³/mol. The van der Waals surface area contributed by atoms with Gasteiger partial charge in [-0.05, 0) is 44.6 Å². The van der Waals surface area contributed by atoms with Gasteiger partial charge in [0, 0.05) is 34.7 Å². The summed E-state index contributed by atoms with van der Waals surface area (Å²) in [5.74, 6) is 6.44. The Morgan fingerprint density at radius 1 is 1.15 bits per heavy atom. The summed E-state index contributed by atoms with van der Waals surface area (Å²) in [6, 6.07) is 1.64. The normalized spacial score (nSPS) is 13.2. The summed E-state index contributed by atoms with van der Waals surface area (Å²) in [7, 11) is -0.653. The fourth-order valence-electron chi connectivity index (χ4n) is 3.07.